The molecule has 0 bridgehead atoms. The van der Waals surface area contributed by atoms with Gasteiger partial charge in [0, 0.05) is 11.1 Å². The highest BCUT2D eigenvalue weighted by molar-refractivity contribution is 6.49. The molecule has 4 heteroatoms. The van der Waals surface area contributed by atoms with Gasteiger partial charge < -0.3 is 9.47 Å². The van der Waals surface area contributed by atoms with Crippen LogP contribution in [-0.4, -0.2) is 23.8 Å². The monoisotopic (exact) mass is 747 g/mol. The fourth-order valence-corrected chi connectivity index (χ4v) is 7.47. The third-order valence-electron chi connectivity index (χ3n) is 11.0. The van der Waals surface area contributed by atoms with E-state index in [9.17, 15) is 9.59 Å². The molecular weight excluding hydrogens is 665 g/mol. The third-order valence-corrected chi connectivity index (χ3v) is 11.0. The van der Waals surface area contributed by atoms with Gasteiger partial charge in [0.1, 0.15) is 11.5 Å². The second-order valence-electron chi connectivity index (χ2n) is 16.3. The summed E-state index contributed by atoms with van der Waals surface area (Å²) in [6.07, 6.45) is 40.4. The zero-order valence-corrected chi connectivity index (χ0v) is 35.6. The molecule has 0 aliphatic rings. The molecule has 2 rings (SSSR count). The predicted molar refractivity (Wildman–Crippen MR) is 232 cm³/mol. The van der Waals surface area contributed by atoms with Crippen molar-refractivity contribution in [2.45, 2.75) is 233 Å². The topological polar surface area (TPSA) is 52.6 Å². The molecule has 54 heavy (non-hydrogen) atoms. The highest BCUT2D eigenvalue weighted by atomic mass is 16.5. The molecule has 2 aromatic carbocycles. The predicted octanol–water partition coefficient (Wildman–Crippen LogP) is 16.0. The first-order chi connectivity index (χ1) is 26.4. The number of hydrogen-bond donors (Lipinski definition) is 0. The van der Waals surface area contributed by atoms with Gasteiger partial charge in [-0.15, -0.1) is 0 Å². The molecule has 4 nitrogen and oxygen atoms in total. The molecule has 0 aliphatic carbocycles. The van der Waals surface area contributed by atoms with Crippen LogP contribution in [0.15, 0.2) is 48.5 Å². The molecular formula is C50H82O4. The molecule has 2 atom stereocenters. The van der Waals surface area contributed by atoms with E-state index in [0.717, 1.165) is 24.3 Å². The lowest BCUT2D eigenvalue weighted by atomic mass is 10.0. The van der Waals surface area contributed by atoms with Crippen LogP contribution >= 0.6 is 0 Å². The summed E-state index contributed by atoms with van der Waals surface area (Å²) >= 11 is 0. The van der Waals surface area contributed by atoms with Crippen LogP contribution in [-0.2, 0) is 0 Å². The number of unbranched alkanes of at least 4 members (excludes halogenated alkanes) is 26. The van der Waals surface area contributed by atoms with Gasteiger partial charge in [0.15, 0.2) is 0 Å². The van der Waals surface area contributed by atoms with Crippen molar-refractivity contribution < 1.29 is 19.1 Å². The summed E-state index contributed by atoms with van der Waals surface area (Å²) < 4.78 is 12.2. The Morgan fingerprint density at radius 2 is 0.593 bits per heavy atom. The lowest BCUT2D eigenvalue weighted by Gasteiger charge is -2.15. The molecule has 0 saturated heterocycles. The van der Waals surface area contributed by atoms with Gasteiger partial charge >= 0.3 is 0 Å². The van der Waals surface area contributed by atoms with E-state index in [-0.39, 0.29) is 12.2 Å². The first-order valence-electron chi connectivity index (χ1n) is 23.1. The fraction of sp³-hybridized carbons (Fsp3) is 0.720. The maximum absolute atomic E-state index is 13.0. The van der Waals surface area contributed by atoms with Crippen LogP contribution in [0.1, 0.15) is 241 Å². The molecule has 2 unspecified atom stereocenters. The van der Waals surface area contributed by atoms with Gasteiger partial charge in [-0.3, -0.25) is 9.59 Å². The van der Waals surface area contributed by atoms with Crippen molar-refractivity contribution in [3.8, 4) is 11.5 Å². The molecule has 2 aromatic rings. The molecule has 0 radical (unpaired) electrons. The van der Waals surface area contributed by atoms with Crippen molar-refractivity contribution in [2.75, 3.05) is 0 Å². The van der Waals surface area contributed by atoms with Gasteiger partial charge in [-0.25, -0.2) is 0 Å². The summed E-state index contributed by atoms with van der Waals surface area (Å²) in [6, 6.07) is 14.0. The van der Waals surface area contributed by atoms with E-state index < -0.39 is 11.6 Å². The summed E-state index contributed by atoms with van der Waals surface area (Å²) in [4.78, 5) is 26.0. The van der Waals surface area contributed by atoms with Crippen molar-refractivity contribution in [3.63, 3.8) is 0 Å². The molecule has 0 saturated carbocycles. The number of carbonyl (C=O) groups is 2. The largest absolute Gasteiger partial charge is 0.491 e. The Labute approximate surface area is 333 Å². The van der Waals surface area contributed by atoms with Gasteiger partial charge in [0.2, 0.25) is 11.6 Å². The first kappa shape index (κ1) is 47.5. The molecule has 0 N–H and O–H groups in total. The van der Waals surface area contributed by atoms with Gasteiger partial charge in [-0.2, -0.15) is 0 Å². The standard InChI is InChI=1S/C50H82O4/c1-5-7-9-11-13-15-17-19-21-23-25-27-29-31-33-43(3)53-47-39-35-45(36-40-47)49(51)50(52)46-37-41-48(42-38-46)54-44(4)34-32-30-28-26-24-22-20-18-16-14-12-10-8-6-2/h35-44H,5-34H2,1-4H3. The second-order valence-corrected chi connectivity index (χ2v) is 16.3. The molecule has 0 aliphatic heterocycles. The van der Waals surface area contributed by atoms with Crippen LogP contribution in [0.4, 0.5) is 0 Å². The maximum Gasteiger partial charge on any atom is 0.233 e. The normalized spacial score (nSPS) is 12.4. The van der Waals surface area contributed by atoms with Crippen LogP contribution < -0.4 is 9.47 Å². The van der Waals surface area contributed by atoms with Gasteiger partial charge in [-0.05, 0) is 88.1 Å². The number of ketones is 2. The minimum Gasteiger partial charge on any atom is -0.491 e. The Kier molecular flexibility index (Phi) is 28.7. The van der Waals surface area contributed by atoms with Crippen molar-refractivity contribution in [3.05, 3.63) is 59.7 Å². The zero-order chi connectivity index (χ0) is 38.9. The summed E-state index contributed by atoms with van der Waals surface area (Å²) in [7, 11) is 0. The molecule has 0 fully saturated rings. The van der Waals surface area contributed by atoms with E-state index in [0.29, 0.717) is 11.1 Å². The molecule has 0 aromatic heterocycles. The lowest BCUT2D eigenvalue weighted by Crippen LogP contribution is -2.15. The van der Waals surface area contributed by atoms with E-state index in [2.05, 4.69) is 27.7 Å². The Morgan fingerprint density at radius 3 is 0.833 bits per heavy atom. The molecule has 0 spiro atoms. The number of benzene rings is 2. The number of Topliss-reactive ketones (excluding diaryl/α,β-unsaturated/α-hetero) is 2. The first-order valence-corrected chi connectivity index (χ1v) is 23.1. The number of hydrogen-bond acceptors (Lipinski definition) is 4. The van der Waals surface area contributed by atoms with Gasteiger partial charge in [0.25, 0.3) is 0 Å². The van der Waals surface area contributed by atoms with E-state index >= 15 is 0 Å². The Balaban J connectivity index is 1.53. The zero-order valence-electron chi connectivity index (χ0n) is 35.6. The van der Waals surface area contributed by atoms with Crippen molar-refractivity contribution >= 4 is 11.6 Å². The third kappa shape index (κ3) is 24.0. The van der Waals surface area contributed by atoms with E-state index in [1.54, 1.807) is 48.5 Å². The Bertz CT molecular complexity index is 1080. The minimum absolute atomic E-state index is 0.119. The summed E-state index contributed by atoms with van der Waals surface area (Å²) in [5, 5.41) is 0. The summed E-state index contributed by atoms with van der Waals surface area (Å²) in [5.74, 6) is 0.469. The van der Waals surface area contributed by atoms with Crippen molar-refractivity contribution in [1.29, 1.82) is 0 Å². The molecule has 0 heterocycles. The average Bonchev–Trinajstić information content (AvgIpc) is 3.18. The number of rotatable bonds is 37. The highest BCUT2D eigenvalue weighted by Crippen LogP contribution is 2.21. The molecule has 306 valence electrons. The highest BCUT2D eigenvalue weighted by Gasteiger charge is 2.19. The van der Waals surface area contributed by atoms with E-state index in [1.165, 1.54) is 180 Å². The Hall–Kier alpha value is -2.62. The lowest BCUT2D eigenvalue weighted by molar-refractivity contribution is 0.0817. The second kappa shape index (κ2) is 32.6. The van der Waals surface area contributed by atoms with E-state index in [4.69, 9.17) is 9.47 Å². The van der Waals surface area contributed by atoms with Gasteiger partial charge in [0.05, 0.1) is 12.2 Å². The van der Waals surface area contributed by atoms with Crippen LogP contribution in [0.25, 0.3) is 0 Å². The van der Waals surface area contributed by atoms with Crippen LogP contribution in [0.2, 0.25) is 0 Å². The van der Waals surface area contributed by atoms with Crippen molar-refractivity contribution in [2.24, 2.45) is 0 Å². The van der Waals surface area contributed by atoms with E-state index in [1.807, 2.05) is 0 Å². The Morgan fingerprint density at radius 1 is 0.370 bits per heavy atom. The number of carbonyl (C=O) groups excluding carboxylic acids is 2. The van der Waals surface area contributed by atoms with Crippen LogP contribution in [0.3, 0.4) is 0 Å². The maximum atomic E-state index is 13.0. The summed E-state index contributed by atoms with van der Waals surface area (Å²) in [6.45, 7) is 8.78. The fourth-order valence-electron chi connectivity index (χ4n) is 7.47. The average molecular weight is 747 g/mol. The molecule has 0 amide bonds. The number of ether oxygens (including phenoxy) is 2. The summed E-state index contributed by atoms with van der Waals surface area (Å²) in [5.41, 5.74) is 0.767. The SMILES string of the molecule is CCCCCCCCCCCCCCCCC(C)Oc1ccc(C(=O)C(=O)c2ccc(OC(C)CCCCCCCCCCCCCCCC)cc2)cc1. The quantitative estimate of drug-likeness (QED) is 0.0392. The van der Waals surface area contributed by atoms with Crippen molar-refractivity contribution in [1.82, 2.24) is 0 Å². The van der Waals surface area contributed by atoms with Crippen LogP contribution in [0, 0.1) is 0 Å². The van der Waals surface area contributed by atoms with Crippen LogP contribution in [0.5, 0.6) is 11.5 Å². The van der Waals surface area contributed by atoms with Gasteiger partial charge in [-0.1, -0.05) is 181 Å². The smallest absolute Gasteiger partial charge is 0.233 e. The minimum atomic E-state index is -0.503.